The first-order valence-corrected chi connectivity index (χ1v) is 14.8. The van der Waals surface area contributed by atoms with Gasteiger partial charge in [-0.05, 0) is 91.9 Å². The number of rotatable bonds is 9. The van der Waals surface area contributed by atoms with Crippen molar-refractivity contribution in [3.63, 3.8) is 0 Å². The highest BCUT2D eigenvalue weighted by molar-refractivity contribution is 7.99. The highest BCUT2D eigenvalue weighted by Gasteiger charge is 2.18. The molecule has 8 nitrogen and oxygen atoms in total. The standard InChI is InChI=1S/C27H22O8S3/c1-19-3-15-26(16-4-19)37(29,30)34-22-5-11-24(12-6-22)36-25-13-7-23(8-14-25)35-38(31,32)27-17-9-21(10-18-27)33-20(2)28/h3-18H,1-2H3. The molecule has 0 unspecified atom stereocenters. The zero-order valence-electron chi connectivity index (χ0n) is 20.2. The summed E-state index contributed by atoms with van der Waals surface area (Å²) in [6.45, 7) is 3.12. The SMILES string of the molecule is CC(=O)Oc1ccc(S(=O)(=O)Oc2ccc(Sc3ccc(OS(=O)(=O)c4ccc(C)cc4)cc3)cc2)cc1. The number of ether oxygens (including phenoxy) is 1. The summed E-state index contributed by atoms with van der Waals surface area (Å²) in [5, 5.41) is 0. The molecule has 0 N–H and O–H groups in total. The molecule has 0 saturated carbocycles. The molecular weight excluding hydrogens is 548 g/mol. The molecule has 0 aliphatic carbocycles. The zero-order chi connectivity index (χ0) is 27.3. The Morgan fingerprint density at radius 1 is 0.579 bits per heavy atom. The predicted octanol–water partition coefficient (Wildman–Crippen LogP) is 5.61. The molecule has 0 saturated heterocycles. The molecule has 0 aromatic heterocycles. The average Bonchev–Trinajstić information content (AvgIpc) is 2.86. The number of carbonyl (C=O) groups excluding carboxylic acids is 1. The van der Waals surface area contributed by atoms with Crippen LogP contribution in [0.4, 0.5) is 0 Å². The Hall–Kier alpha value is -3.80. The smallest absolute Gasteiger partial charge is 0.339 e. The van der Waals surface area contributed by atoms with E-state index in [9.17, 15) is 21.6 Å². The van der Waals surface area contributed by atoms with Crippen molar-refractivity contribution >= 4 is 38.0 Å². The van der Waals surface area contributed by atoms with Gasteiger partial charge in [0, 0.05) is 16.7 Å². The lowest BCUT2D eigenvalue weighted by Crippen LogP contribution is -2.10. The van der Waals surface area contributed by atoms with Crippen molar-refractivity contribution < 1.29 is 34.7 Å². The summed E-state index contributed by atoms with van der Waals surface area (Å²) < 4.78 is 65.4. The quantitative estimate of drug-likeness (QED) is 0.144. The summed E-state index contributed by atoms with van der Waals surface area (Å²) in [7, 11) is -8.02. The molecule has 0 heterocycles. The van der Waals surface area contributed by atoms with Gasteiger partial charge in [0.25, 0.3) is 0 Å². The van der Waals surface area contributed by atoms with E-state index in [1.165, 1.54) is 67.2 Å². The van der Waals surface area contributed by atoms with Gasteiger partial charge in [0.15, 0.2) is 0 Å². The molecule has 4 rings (SSSR count). The molecule has 0 bridgehead atoms. The van der Waals surface area contributed by atoms with E-state index in [2.05, 4.69) is 0 Å². The minimum atomic E-state index is -4.08. The van der Waals surface area contributed by atoms with Crippen LogP contribution in [0.3, 0.4) is 0 Å². The first-order chi connectivity index (χ1) is 18.0. The van der Waals surface area contributed by atoms with Crippen molar-refractivity contribution in [2.75, 3.05) is 0 Å². The Kier molecular flexibility index (Phi) is 8.10. The summed E-state index contributed by atoms with van der Waals surface area (Å²) in [4.78, 5) is 12.6. The first kappa shape index (κ1) is 27.2. The van der Waals surface area contributed by atoms with E-state index in [1.54, 1.807) is 48.5 Å². The normalized spacial score (nSPS) is 11.5. The van der Waals surface area contributed by atoms with E-state index in [1.807, 2.05) is 6.92 Å². The van der Waals surface area contributed by atoms with E-state index >= 15 is 0 Å². The third-order valence-electron chi connectivity index (χ3n) is 4.98. The molecule has 0 spiro atoms. The van der Waals surface area contributed by atoms with Gasteiger partial charge in [0.1, 0.15) is 27.0 Å². The lowest BCUT2D eigenvalue weighted by Gasteiger charge is -2.09. The Morgan fingerprint density at radius 2 is 0.947 bits per heavy atom. The van der Waals surface area contributed by atoms with Gasteiger partial charge in [-0.25, -0.2) is 0 Å². The van der Waals surface area contributed by atoms with Crippen LogP contribution < -0.4 is 13.1 Å². The number of benzene rings is 4. The van der Waals surface area contributed by atoms with Gasteiger partial charge in [0.2, 0.25) is 0 Å². The number of hydrogen-bond acceptors (Lipinski definition) is 9. The first-order valence-electron chi connectivity index (χ1n) is 11.1. The monoisotopic (exact) mass is 570 g/mol. The Bertz CT molecular complexity index is 1630. The fourth-order valence-corrected chi connectivity index (χ4v) is 5.83. The maximum atomic E-state index is 12.6. The molecule has 0 aliphatic rings. The molecule has 196 valence electrons. The second kappa shape index (κ2) is 11.3. The van der Waals surface area contributed by atoms with Gasteiger partial charge in [-0.2, -0.15) is 16.8 Å². The van der Waals surface area contributed by atoms with Crippen LogP contribution in [-0.4, -0.2) is 22.8 Å². The molecule has 4 aromatic carbocycles. The van der Waals surface area contributed by atoms with Crippen LogP contribution in [0.15, 0.2) is 117 Å². The van der Waals surface area contributed by atoms with E-state index in [-0.39, 0.29) is 27.0 Å². The molecule has 0 amide bonds. The maximum absolute atomic E-state index is 12.6. The van der Waals surface area contributed by atoms with E-state index in [4.69, 9.17) is 13.1 Å². The summed E-state index contributed by atoms with van der Waals surface area (Å²) in [5.41, 5.74) is 0.943. The fourth-order valence-electron chi connectivity index (χ4n) is 3.16. The van der Waals surface area contributed by atoms with Gasteiger partial charge in [-0.1, -0.05) is 29.5 Å². The highest BCUT2D eigenvalue weighted by atomic mass is 32.2. The topological polar surface area (TPSA) is 113 Å². The van der Waals surface area contributed by atoms with Crippen molar-refractivity contribution in [3.8, 4) is 17.2 Å². The second-order valence-electron chi connectivity index (χ2n) is 8.00. The van der Waals surface area contributed by atoms with Crippen LogP contribution in [0.2, 0.25) is 0 Å². The van der Waals surface area contributed by atoms with Crippen molar-refractivity contribution in [3.05, 3.63) is 103 Å². The average molecular weight is 571 g/mol. The van der Waals surface area contributed by atoms with Gasteiger partial charge < -0.3 is 13.1 Å². The van der Waals surface area contributed by atoms with Gasteiger partial charge in [-0.3, -0.25) is 4.79 Å². The van der Waals surface area contributed by atoms with Gasteiger partial charge in [0.05, 0.1) is 0 Å². The van der Waals surface area contributed by atoms with E-state index in [0.717, 1.165) is 15.4 Å². The Morgan fingerprint density at radius 3 is 1.34 bits per heavy atom. The van der Waals surface area contributed by atoms with Crippen molar-refractivity contribution in [1.29, 1.82) is 0 Å². The second-order valence-corrected chi connectivity index (χ2v) is 12.2. The number of aryl methyl sites for hydroxylation is 1. The molecule has 0 fully saturated rings. The largest absolute Gasteiger partial charge is 0.427 e. The van der Waals surface area contributed by atoms with E-state index < -0.39 is 26.2 Å². The van der Waals surface area contributed by atoms with Crippen LogP contribution in [0.5, 0.6) is 17.2 Å². The summed E-state index contributed by atoms with van der Waals surface area (Å²) >= 11 is 1.39. The molecule has 11 heteroatoms. The van der Waals surface area contributed by atoms with Crippen molar-refractivity contribution in [1.82, 2.24) is 0 Å². The molecule has 4 aromatic rings. The Balaban J connectivity index is 1.37. The highest BCUT2D eigenvalue weighted by Crippen LogP contribution is 2.31. The minimum absolute atomic E-state index is 0.0740. The van der Waals surface area contributed by atoms with Crippen molar-refractivity contribution in [2.45, 2.75) is 33.4 Å². The zero-order valence-corrected chi connectivity index (χ0v) is 22.7. The molecule has 38 heavy (non-hydrogen) atoms. The van der Waals surface area contributed by atoms with Gasteiger partial charge in [-0.15, -0.1) is 0 Å². The van der Waals surface area contributed by atoms with Gasteiger partial charge >= 0.3 is 26.2 Å². The molecule has 0 atom stereocenters. The summed E-state index contributed by atoms with van der Waals surface area (Å²) in [6.07, 6.45) is 0. The summed E-state index contributed by atoms with van der Waals surface area (Å²) in [6, 6.07) is 24.7. The summed E-state index contributed by atoms with van der Waals surface area (Å²) in [5.74, 6) is 0.0312. The predicted molar refractivity (Wildman–Crippen MR) is 142 cm³/mol. The Labute approximate surface area is 225 Å². The molecular formula is C27H22O8S3. The van der Waals surface area contributed by atoms with Crippen LogP contribution >= 0.6 is 11.8 Å². The third kappa shape index (κ3) is 7.15. The van der Waals surface area contributed by atoms with Crippen LogP contribution in [0, 0.1) is 6.92 Å². The van der Waals surface area contributed by atoms with Crippen molar-refractivity contribution in [2.24, 2.45) is 0 Å². The number of carbonyl (C=O) groups is 1. The minimum Gasteiger partial charge on any atom is -0.427 e. The van der Waals surface area contributed by atoms with Crippen LogP contribution in [0.1, 0.15) is 12.5 Å². The van der Waals surface area contributed by atoms with Crippen LogP contribution in [-0.2, 0) is 25.0 Å². The lowest BCUT2D eigenvalue weighted by atomic mass is 10.2. The molecule has 0 radical (unpaired) electrons. The van der Waals surface area contributed by atoms with E-state index in [0.29, 0.717) is 0 Å². The van der Waals surface area contributed by atoms with Crippen LogP contribution in [0.25, 0.3) is 0 Å². The number of hydrogen-bond donors (Lipinski definition) is 0. The fraction of sp³-hybridized carbons (Fsp3) is 0.0741. The maximum Gasteiger partial charge on any atom is 0.339 e. The third-order valence-corrected chi connectivity index (χ3v) is 8.52. The molecule has 0 aliphatic heterocycles. The number of esters is 1. The lowest BCUT2D eigenvalue weighted by molar-refractivity contribution is -0.131.